The van der Waals surface area contributed by atoms with Crippen LogP contribution < -0.4 is 4.74 Å². The van der Waals surface area contributed by atoms with E-state index in [1.807, 2.05) is 0 Å². The van der Waals surface area contributed by atoms with Crippen LogP contribution in [0.4, 0.5) is 0 Å². The number of para-hydroxylation sites is 2. The Morgan fingerprint density at radius 2 is 1.52 bits per heavy atom. The minimum absolute atomic E-state index is 0.436. The van der Waals surface area contributed by atoms with Gasteiger partial charge < -0.3 is 9.30 Å². The van der Waals surface area contributed by atoms with Crippen molar-refractivity contribution in [1.29, 1.82) is 0 Å². The van der Waals surface area contributed by atoms with Gasteiger partial charge in [0.15, 0.2) is 0 Å². The van der Waals surface area contributed by atoms with Crippen LogP contribution in [0.25, 0.3) is 11.0 Å². The van der Waals surface area contributed by atoms with Gasteiger partial charge in [-0.15, -0.1) is 0 Å². The van der Waals surface area contributed by atoms with Crippen molar-refractivity contribution in [2.45, 2.75) is 111 Å². The molecule has 3 aromatic rings. The fourth-order valence-electron chi connectivity index (χ4n) is 4.63. The number of aryl methyl sites for hydroxylation is 2. The summed E-state index contributed by atoms with van der Waals surface area (Å²) in [6.07, 6.45) is 13.6. The second kappa shape index (κ2) is 13.4. The van der Waals surface area contributed by atoms with Gasteiger partial charge in [0.1, 0.15) is 18.2 Å². The Labute approximate surface area is 201 Å². The first-order valence-electron chi connectivity index (χ1n) is 13.3. The first-order chi connectivity index (χ1) is 16.1. The number of unbranched alkanes of at least 4 members (excludes halogenated alkanes) is 9. The number of fused-ring (bicyclic) bond motifs is 1. The van der Waals surface area contributed by atoms with E-state index in [-0.39, 0.29) is 0 Å². The molecule has 2 aromatic carbocycles. The molecule has 0 saturated heterocycles. The van der Waals surface area contributed by atoms with Crippen LogP contribution in [0.5, 0.6) is 5.75 Å². The Kier molecular flexibility index (Phi) is 10.3. The monoisotopic (exact) mass is 448 g/mol. The summed E-state index contributed by atoms with van der Waals surface area (Å²) in [5.74, 6) is 2.46. The van der Waals surface area contributed by atoms with E-state index < -0.39 is 0 Å². The Morgan fingerprint density at radius 1 is 0.848 bits per heavy atom. The lowest BCUT2D eigenvalue weighted by Gasteiger charge is -2.15. The zero-order valence-electron chi connectivity index (χ0n) is 21.4. The molecule has 33 heavy (non-hydrogen) atoms. The maximum absolute atomic E-state index is 6.35. The highest BCUT2D eigenvalue weighted by molar-refractivity contribution is 5.75. The minimum Gasteiger partial charge on any atom is -0.485 e. The van der Waals surface area contributed by atoms with Crippen molar-refractivity contribution in [3.63, 3.8) is 0 Å². The predicted molar refractivity (Wildman–Crippen MR) is 141 cm³/mol. The summed E-state index contributed by atoms with van der Waals surface area (Å²) < 4.78 is 8.73. The molecule has 0 aliphatic carbocycles. The summed E-state index contributed by atoms with van der Waals surface area (Å²) in [5, 5.41) is 0. The molecule has 0 bridgehead atoms. The molecule has 1 heterocycles. The van der Waals surface area contributed by atoms with Gasteiger partial charge in [-0.2, -0.15) is 0 Å². The molecule has 0 aliphatic heterocycles. The normalized spacial score (nSPS) is 11.5. The zero-order chi connectivity index (χ0) is 23.5. The molecule has 180 valence electrons. The number of benzene rings is 2. The van der Waals surface area contributed by atoms with Crippen molar-refractivity contribution in [2.75, 3.05) is 0 Å². The van der Waals surface area contributed by atoms with Crippen LogP contribution in [0.1, 0.15) is 108 Å². The lowest BCUT2D eigenvalue weighted by atomic mass is 10.0. The molecule has 0 amide bonds. The van der Waals surface area contributed by atoms with Crippen LogP contribution in [0.3, 0.4) is 0 Å². The number of ether oxygens (including phenoxy) is 1. The molecule has 0 spiro atoms. The van der Waals surface area contributed by atoms with Crippen molar-refractivity contribution >= 4 is 11.0 Å². The molecule has 3 rings (SSSR count). The van der Waals surface area contributed by atoms with Gasteiger partial charge in [-0.1, -0.05) is 103 Å². The van der Waals surface area contributed by atoms with Crippen LogP contribution in [0.2, 0.25) is 0 Å². The van der Waals surface area contributed by atoms with E-state index in [4.69, 9.17) is 9.72 Å². The van der Waals surface area contributed by atoms with Crippen molar-refractivity contribution < 1.29 is 4.74 Å². The van der Waals surface area contributed by atoms with E-state index in [0.29, 0.717) is 12.5 Å². The molecular weight excluding hydrogens is 404 g/mol. The minimum atomic E-state index is 0.436. The third kappa shape index (κ3) is 7.62. The van der Waals surface area contributed by atoms with Crippen molar-refractivity contribution in [3.8, 4) is 5.75 Å². The molecule has 0 atom stereocenters. The highest BCUT2D eigenvalue weighted by Crippen LogP contribution is 2.28. The SMILES string of the molecule is CCCCCCCCCCCCn1c(COc2cc(C)ccc2C(C)C)nc2ccccc21. The molecule has 0 aliphatic rings. The zero-order valence-corrected chi connectivity index (χ0v) is 21.4. The quantitative estimate of drug-likeness (QED) is 0.217. The molecule has 0 radical (unpaired) electrons. The van der Waals surface area contributed by atoms with E-state index >= 15 is 0 Å². The van der Waals surface area contributed by atoms with Gasteiger partial charge in [-0.3, -0.25) is 0 Å². The van der Waals surface area contributed by atoms with Crippen LogP contribution in [-0.2, 0) is 13.2 Å². The molecule has 0 unspecified atom stereocenters. The van der Waals surface area contributed by atoms with E-state index in [9.17, 15) is 0 Å². The highest BCUT2D eigenvalue weighted by Gasteiger charge is 2.13. The molecule has 0 N–H and O–H groups in total. The lowest BCUT2D eigenvalue weighted by molar-refractivity contribution is 0.285. The highest BCUT2D eigenvalue weighted by atomic mass is 16.5. The number of rotatable bonds is 15. The molecular formula is C30H44N2O. The third-order valence-electron chi connectivity index (χ3n) is 6.62. The number of hydrogen-bond donors (Lipinski definition) is 0. The van der Waals surface area contributed by atoms with Crippen LogP contribution in [-0.4, -0.2) is 9.55 Å². The fourth-order valence-corrected chi connectivity index (χ4v) is 4.63. The van der Waals surface area contributed by atoms with Crippen LogP contribution in [0, 0.1) is 6.92 Å². The molecule has 0 fully saturated rings. The Morgan fingerprint density at radius 3 is 2.21 bits per heavy atom. The second-order valence-corrected chi connectivity index (χ2v) is 9.84. The van der Waals surface area contributed by atoms with E-state index in [2.05, 4.69) is 74.7 Å². The van der Waals surface area contributed by atoms with E-state index in [1.54, 1.807) is 0 Å². The summed E-state index contributed by atoms with van der Waals surface area (Å²) in [6.45, 7) is 10.4. The Balaban J connectivity index is 1.56. The maximum atomic E-state index is 6.35. The lowest BCUT2D eigenvalue weighted by Crippen LogP contribution is -2.09. The van der Waals surface area contributed by atoms with Gasteiger partial charge >= 0.3 is 0 Å². The van der Waals surface area contributed by atoms with Gasteiger partial charge in [0, 0.05) is 6.54 Å². The summed E-state index contributed by atoms with van der Waals surface area (Å²) >= 11 is 0. The Hall–Kier alpha value is -2.29. The topological polar surface area (TPSA) is 27.1 Å². The summed E-state index contributed by atoms with van der Waals surface area (Å²) in [4.78, 5) is 4.93. The van der Waals surface area contributed by atoms with Gasteiger partial charge in [0.25, 0.3) is 0 Å². The standard InChI is InChI=1S/C30H44N2O/c1-5-6-7-8-9-10-11-12-13-16-21-32-28-18-15-14-17-27(28)31-30(32)23-33-29-22-25(4)19-20-26(29)24(2)3/h14-15,17-20,22,24H,5-13,16,21,23H2,1-4H3. The summed E-state index contributed by atoms with van der Waals surface area (Å²) in [7, 11) is 0. The van der Waals surface area contributed by atoms with Gasteiger partial charge in [0.05, 0.1) is 11.0 Å². The van der Waals surface area contributed by atoms with Gasteiger partial charge in [0.2, 0.25) is 0 Å². The van der Waals surface area contributed by atoms with Crippen LogP contribution in [0.15, 0.2) is 42.5 Å². The largest absolute Gasteiger partial charge is 0.485 e. The number of hydrogen-bond acceptors (Lipinski definition) is 2. The maximum Gasteiger partial charge on any atom is 0.147 e. The van der Waals surface area contributed by atoms with Crippen molar-refractivity contribution in [1.82, 2.24) is 9.55 Å². The van der Waals surface area contributed by atoms with Crippen LogP contribution >= 0.6 is 0 Å². The summed E-state index contributed by atoms with van der Waals surface area (Å²) in [5.41, 5.74) is 4.78. The molecule has 3 heteroatoms. The van der Waals surface area contributed by atoms with Gasteiger partial charge in [-0.05, 0) is 48.6 Å². The first-order valence-corrected chi connectivity index (χ1v) is 13.3. The fraction of sp³-hybridized carbons (Fsp3) is 0.567. The molecule has 1 aromatic heterocycles. The second-order valence-electron chi connectivity index (χ2n) is 9.84. The third-order valence-corrected chi connectivity index (χ3v) is 6.62. The molecule has 3 nitrogen and oxygen atoms in total. The van der Waals surface area contributed by atoms with Gasteiger partial charge in [-0.25, -0.2) is 4.98 Å². The smallest absolute Gasteiger partial charge is 0.147 e. The average molecular weight is 449 g/mol. The Bertz CT molecular complexity index is 973. The number of nitrogens with zero attached hydrogens (tertiary/aromatic N) is 2. The molecule has 0 saturated carbocycles. The average Bonchev–Trinajstić information content (AvgIpc) is 3.16. The number of imidazole rings is 1. The van der Waals surface area contributed by atoms with E-state index in [0.717, 1.165) is 23.6 Å². The van der Waals surface area contributed by atoms with Crippen molar-refractivity contribution in [3.05, 3.63) is 59.4 Å². The first kappa shape index (κ1) is 25.3. The number of aromatic nitrogens is 2. The summed E-state index contributed by atoms with van der Waals surface area (Å²) in [6, 6.07) is 15.0. The van der Waals surface area contributed by atoms with Crippen molar-refractivity contribution in [2.24, 2.45) is 0 Å². The predicted octanol–water partition coefficient (Wildman–Crippen LogP) is 8.97. The van der Waals surface area contributed by atoms with E-state index in [1.165, 1.54) is 80.9 Å².